The molecule has 4 atom stereocenters. The van der Waals surface area contributed by atoms with Crippen LogP contribution in [-0.2, 0) is 25.6 Å². The van der Waals surface area contributed by atoms with Gasteiger partial charge in [0.2, 0.25) is 17.7 Å². The molecule has 3 amide bonds. The van der Waals surface area contributed by atoms with Crippen molar-refractivity contribution in [2.45, 2.75) is 63.7 Å². The third kappa shape index (κ3) is 9.58. The molecule has 8 N–H and O–H groups in total. The fraction of sp³-hybridized carbons (Fsp3) is 0.524. The molecule has 0 heterocycles. The Kier molecular flexibility index (Phi) is 11.2. The van der Waals surface area contributed by atoms with Crippen molar-refractivity contribution in [2.75, 3.05) is 6.54 Å². The topological polar surface area (TPSA) is 177 Å². The van der Waals surface area contributed by atoms with Crippen LogP contribution in [0, 0.1) is 0 Å². The van der Waals surface area contributed by atoms with Gasteiger partial charge in [0.25, 0.3) is 0 Å². The molecule has 4 unspecified atom stereocenters. The maximum atomic E-state index is 12.8. The smallest absolute Gasteiger partial charge is 0.325 e. The van der Waals surface area contributed by atoms with Crippen LogP contribution < -0.4 is 27.4 Å². The van der Waals surface area contributed by atoms with E-state index in [1.807, 2.05) is 30.3 Å². The minimum absolute atomic E-state index is 0.202. The minimum atomic E-state index is -1.19. The third-order valence-electron chi connectivity index (χ3n) is 4.70. The third-order valence-corrected chi connectivity index (χ3v) is 4.70. The fourth-order valence-corrected chi connectivity index (χ4v) is 2.76. The number of nitrogens with two attached hydrogens (primary N) is 2. The second kappa shape index (κ2) is 13.3. The molecule has 0 aliphatic carbocycles. The Hall–Kier alpha value is -2.98. The van der Waals surface area contributed by atoms with Crippen molar-refractivity contribution < 1.29 is 24.3 Å². The molecule has 0 bridgehead atoms. The number of hydrogen-bond acceptors (Lipinski definition) is 6. The first kappa shape index (κ1) is 26.1. The van der Waals surface area contributed by atoms with Gasteiger partial charge in [-0.1, -0.05) is 36.8 Å². The lowest BCUT2D eigenvalue weighted by atomic mass is 10.0. The molecule has 10 nitrogen and oxygen atoms in total. The lowest BCUT2D eigenvalue weighted by molar-refractivity contribution is -0.141. The Morgan fingerprint density at radius 3 is 2.10 bits per heavy atom. The van der Waals surface area contributed by atoms with Gasteiger partial charge >= 0.3 is 5.97 Å². The average molecular weight is 436 g/mol. The molecule has 31 heavy (non-hydrogen) atoms. The molecule has 0 aromatic heterocycles. The van der Waals surface area contributed by atoms with Crippen molar-refractivity contribution in [1.82, 2.24) is 16.0 Å². The van der Waals surface area contributed by atoms with E-state index >= 15 is 0 Å². The van der Waals surface area contributed by atoms with E-state index in [0.717, 1.165) is 12.0 Å². The molecule has 0 saturated heterocycles. The predicted octanol–water partition coefficient (Wildman–Crippen LogP) is -0.736. The van der Waals surface area contributed by atoms with Crippen molar-refractivity contribution in [3.8, 4) is 0 Å². The van der Waals surface area contributed by atoms with Crippen molar-refractivity contribution in [3.63, 3.8) is 0 Å². The molecule has 0 spiro atoms. The molecule has 172 valence electrons. The second-order valence-electron chi connectivity index (χ2n) is 7.44. The van der Waals surface area contributed by atoms with Crippen LogP contribution in [0.25, 0.3) is 0 Å². The lowest BCUT2D eigenvalue weighted by Crippen LogP contribution is -2.56. The zero-order chi connectivity index (χ0) is 23.4. The van der Waals surface area contributed by atoms with Gasteiger partial charge in [-0.3, -0.25) is 19.2 Å². The Balaban J connectivity index is 2.82. The number of benzene rings is 1. The van der Waals surface area contributed by atoms with E-state index in [2.05, 4.69) is 16.0 Å². The summed E-state index contributed by atoms with van der Waals surface area (Å²) in [6.07, 6.45) is 2.08. The van der Waals surface area contributed by atoms with E-state index in [-0.39, 0.29) is 6.42 Å². The summed E-state index contributed by atoms with van der Waals surface area (Å²) in [5.74, 6) is -2.88. The minimum Gasteiger partial charge on any atom is -0.480 e. The van der Waals surface area contributed by atoms with Crippen molar-refractivity contribution in [3.05, 3.63) is 35.9 Å². The van der Waals surface area contributed by atoms with Crippen molar-refractivity contribution in [2.24, 2.45) is 11.5 Å². The van der Waals surface area contributed by atoms with E-state index in [0.29, 0.717) is 19.4 Å². The number of aliphatic carboxylic acids is 1. The molecule has 0 aliphatic rings. The van der Waals surface area contributed by atoms with Gasteiger partial charge in [0.1, 0.15) is 18.1 Å². The van der Waals surface area contributed by atoms with Gasteiger partial charge < -0.3 is 32.5 Å². The van der Waals surface area contributed by atoms with Crippen LogP contribution in [-0.4, -0.2) is 59.5 Å². The fourth-order valence-electron chi connectivity index (χ4n) is 2.76. The van der Waals surface area contributed by atoms with Crippen LogP contribution >= 0.6 is 0 Å². The van der Waals surface area contributed by atoms with Crippen molar-refractivity contribution in [1.29, 1.82) is 0 Å². The van der Waals surface area contributed by atoms with E-state index in [1.54, 1.807) is 0 Å². The molecular weight excluding hydrogens is 402 g/mol. The summed E-state index contributed by atoms with van der Waals surface area (Å²) < 4.78 is 0. The summed E-state index contributed by atoms with van der Waals surface area (Å²) in [5.41, 5.74) is 12.2. The number of rotatable bonds is 13. The highest BCUT2D eigenvalue weighted by molar-refractivity contribution is 5.94. The number of unbranched alkanes of at least 4 members (excludes halogenated alkanes) is 1. The monoisotopic (exact) mass is 435 g/mol. The summed E-state index contributed by atoms with van der Waals surface area (Å²) in [7, 11) is 0. The van der Waals surface area contributed by atoms with Crippen LogP contribution in [0.3, 0.4) is 0 Å². The van der Waals surface area contributed by atoms with Gasteiger partial charge in [-0.05, 0) is 38.8 Å². The van der Waals surface area contributed by atoms with Crippen LogP contribution in [0.2, 0.25) is 0 Å². The number of carboxylic acid groups (broad SMARTS) is 1. The zero-order valence-corrected chi connectivity index (χ0v) is 18.0. The Labute approximate surface area is 182 Å². The maximum Gasteiger partial charge on any atom is 0.325 e. The van der Waals surface area contributed by atoms with Crippen LogP contribution in [0.5, 0.6) is 0 Å². The summed E-state index contributed by atoms with van der Waals surface area (Å²) in [4.78, 5) is 48.4. The summed E-state index contributed by atoms with van der Waals surface area (Å²) in [6, 6.07) is 5.26. The largest absolute Gasteiger partial charge is 0.480 e. The quantitative estimate of drug-likeness (QED) is 0.221. The number of amides is 3. The standard InChI is InChI=1S/C21H33N5O5/c1-13(18(27)25-14(2)21(30)31)24-20(29)17(12-15-8-4-3-5-9-15)26-19(28)16(23)10-6-7-11-22/h3-5,8-9,13-14,16-17H,6-7,10-12,22-23H2,1-2H3,(H,24,29)(H,25,27)(H,26,28)(H,30,31). The Morgan fingerprint density at radius 1 is 0.903 bits per heavy atom. The highest BCUT2D eigenvalue weighted by atomic mass is 16.4. The molecule has 0 radical (unpaired) electrons. The Bertz CT molecular complexity index is 743. The second-order valence-corrected chi connectivity index (χ2v) is 7.44. The first-order valence-corrected chi connectivity index (χ1v) is 10.3. The zero-order valence-electron chi connectivity index (χ0n) is 18.0. The average Bonchev–Trinajstić information content (AvgIpc) is 2.73. The number of nitrogens with one attached hydrogen (secondary N) is 3. The van der Waals surface area contributed by atoms with Crippen LogP contribution in [0.15, 0.2) is 30.3 Å². The van der Waals surface area contributed by atoms with Gasteiger partial charge in [0.15, 0.2) is 0 Å². The van der Waals surface area contributed by atoms with Gasteiger partial charge in [0.05, 0.1) is 6.04 Å². The van der Waals surface area contributed by atoms with Crippen molar-refractivity contribution >= 4 is 23.7 Å². The summed E-state index contributed by atoms with van der Waals surface area (Å²) in [5, 5.41) is 16.4. The molecule has 0 aliphatic heterocycles. The normalized spacial score (nSPS) is 14.6. The predicted molar refractivity (Wildman–Crippen MR) is 116 cm³/mol. The summed E-state index contributed by atoms with van der Waals surface area (Å²) >= 11 is 0. The van der Waals surface area contributed by atoms with Gasteiger partial charge in [-0.2, -0.15) is 0 Å². The number of carbonyl (C=O) groups is 4. The lowest BCUT2D eigenvalue weighted by Gasteiger charge is -2.23. The molecule has 0 fully saturated rings. The van der Waals surface area contributed by atoms with Crippen LogP contribution in [0.1, 0.15) is 38.7 Å². The van der Waals surface area contributed by atoms with Gasteiger partial charge in [0, 0.05) is 6.42 Å². The van der Waals surface area contributed by atoms with Gasteiger partial charge in [-0.15, -0.1) is 0 Å². The van der Waals surface area contributed by atoms with Crippen LogP contribution in [0.4, 0.5) is 0 Å². The highest BCUT2D eigenvalue weighted by Gasteiger charge is 2.27. The maximum absolute atomic E-state index is 12.8. The highest BCUT2D eigenvalue weighted by Crippen LogP contribution is 2.06. The molecule has 0 saturated carbocycles. The first-order chi connectivity index (χ1) is 14.6. The van der Waals surface area contributed by atoms with E-state index in [1.165, 1.54) is 13.8 Å². The number of carbonyl (C=O) groups excluding carboxylic acids is 3. The first-order valence-electron chi connectivity index (χ1n) is 10.3. The molecule has 1 aromatic rings. The number of carboxylic acids is 1. The van der Waals surface area contributed by atoms with E-state index < -0.39 is 47.9 Å². The summed E-state index contributed by atoms with van der Waals surface area (Å²) in [6.45, 7) is 3.26. The molecule has 1 rings (SSSR count). The SMILES string of the molecule is CC(NC(=O)C(C)NC(=O)C(Cc1ccccc1)NC(=O)C(N)CCCCN)C(=O)O. The van der Waals surface area contributed by atoms with E-state index in [4.69, 9.17) is 16.6 Å². The Morgan fingerprint density at radius 2 is 1.52 bits per heavy atom. The molecular formula is C21H33N5O5. The number of hydrogen-bond donors (Lipinski definition) is 6. The molecule has 10 heteroatoms. The molecule has 1 aromatic carbocycles. The van der Waals surface area contributed by atoms with Gasteiger partial charge in [-0.25, -0.2) is 0 Å². The van der Waals surface area contributed by atoms with E-state index in [9.17, 15) is 19.2 Å².